The number of benzene rings is 1. The van der Waals surface area contributed by atoms with Gasteiger partial charge < -0.3 is 24.3 Å². The third-order valence-corrected chi connectivity index (χ3v) is 3.71. The van der Waals surface area contributed by atoms with E-state index < -0.39 is 23.8 Å². The lowest BCUT2D eigenvalue weighted by molar-refractivity contribution is 0.0379. The minimum atomic E-state index is -1.14. The standard InChI is InChI=1S/C19H27N3O5/c1-6-7-14(20-18(24)27-19(2,3)4)15(23)17-22-21-16(26-17)12-8-10-13(25-5)11-9-12/h8-11,14-15,23H,6-7H2,1-5H3,(H,20,24)/t14?,15-/m0/s1. The molecule has 27 heavy (non-hydrogen) atoms. The van der Waals surface area contributed by atoms with E-state index in [2.05, 4.69) is 15.5 Å². The maximum absolute atomic E-state index is 12.0. The summed E-state index contributed by atoms with van der Waals surface area (Å²) in [5.41, 5.74) is 0.0755. The van der Waals surface area contributed by atoms with Gasteiger partial charge in [0.15, 0.2) is 6.10 Å². The average Bonchev–Trinajstić information content (AvgIpc) is 3.09. The molecule has 1 aromatic carbocycles. The molecule has 1 heterocycles. The third-order valence-electron chi connectivity index (χ3n) is 3.71. The molecule has 2 aromatic rings. The van der Waals surface area contributed by atoms with E-state index in [1.54, 1.807) is 52.1 Å². The lowest BCUT2D eigenvalue weighted by Gasteiger charge is -2.25. The summed E-state index contributed by atoms with van der Waals surface area (Å²) in [5.74, 6) is 1.03. The number of aliphatic hydroxyl groups excluding tert-OH is 1. The van der Waals surface area contributed by atoms with Crippen LogP contribution in [0.2, 0.25) is 0 Å². The highest BCUT2D eigenvalue weighted by molar-refractivity contribution is 5.68. The normalized spacial score (nSPS) is 13.7. The van der Waals surface area contributed by atoms with Crippen LogP contribution in [0.15, 0.2) is 28.7 Å². The summed E-state index contributed by atoms with van der Waals surface area (Å²) in [6.45, 7) is 7.28. The Bertz CT molecular complexity index is 737. The molecule has 0 aliphatic carbocycles. The molecule has 0 fully saturated rings. The van der Waals surface area contributed by atoms with Gasteiger partial charge in [-0.25, -0.2) is 4.79 Å². The molecular formula is C19H27N3O5. The lowest BCUT2D eigenvalue weighted by Crippen LogP contribution is -2.42. The third kappa shape index (κ3) is 5.96. The van der Waals surface area contributed by atoms with E-state index in [4.69, 9.17) is 13.9 Å². The maximum atomic E-state index is 12.0. The Kier molecular flexibility index (Phi) is 6.79. The van der Waals surface area contributed by atoms with Gasteiger partial charge in [-0.1, -0.05) is 13.3 Å². The molecule has 8 heteroatoms. The minimum absolute atomic E-state index is 0.0373. The Morgan fingerprint density at radius 3 is 2.48 bits per heavy atom. The molecule has 0 spiro atoms. The van der Waals surface area contributed by atoms with Gasteiger partial charge in [0.05, 0.1) is 13.2 Å². The zero-order valence-corrected chi connectivity index (χ0v) is 16.4. The molecule has 0 bridgehead atoms. The summed E-state index contributed by atoms with van der Waals surface area (Å²) in [6.07, 6.45) is -0.468. The fourth-order valence-electron chi connectivity index (χ4n) is 2.46. The summed E-state index contributed by atoms with van der Waals surface area (Å²) in [7, 11) is 1.59. The molecule has 0 aliphatic heterocycles. The number of carbonyl (C=O) groups excluding carboxylic acids is 1. The van der Waals surface area contributed by atoms with Crippen LogP contribution in [0.4, 0.5) is 4.79 Å². The first-order valence-electron chi connectivity index (χ1n) is 8.89. The maximum Gasteiger partial charge on any atom is 0.407 e. The van der Waals surface area contributed by atoms with Gasteiger partial charge in [0, 0.05) is 5.56 Å². The molecule has 0 saturated heterocycles. The molecule has 2 atom stereocenters. The predicted molar refractivity (Wildman–Crippen MR) is 99.3 cm³/mol. The summed E-state index contributed by atoms with van der Waals surface area (Å²) in [5, 5.41) is 21.2. The highest BCUT2D eigenvalue weighted by atomic mass is 16.6. The van der Waals surface area contributed by atoms with E-state index in [1.807, 2.05) is 6.92 Å². The van der Waals surface area contributed by atoms with Crippen LogP contribution in [-0.4, -0.2) is 40.1 Å². The van der Waals surface area contributed by atoms with E-state index in [0.717, 1.165) is 6.42 Å². The molecule has 148 valence electrons. The van der Waals surface area contributed by atoms with Crippen LogP contribution in [0.3, 0.4) is 0 Å². The second kappa shape index (κ2) is 8.85. The number of nitrogens with zero attached hydrogens (tertiary/aromatic N) is 2. The van der Waals surface area contributed by atoms with Crippen LogP contribution < -0.4 is 10.1 Å². The van der Waals surface area contributed by atoms with Gasteiger partial charge in [0.2, 0.25) is 11.8 Å². The summed E-state index contributed by atoms with van der Waals surface area (Å²) >= 11 is 0. The number of ether oxygens (including phenoxy) is 2. The van der Waals surface area contributed by atoms with Gasteiger partial charge in [-0.15, -0.1) is 10.2 Å². The van der Waals surface area contributed by atoms with Crippen LogP contribution in [-0.2, 0) is 4.74 Å². The van der Waals surface area contributed by atoms with E-state index in [9.17, 15) is 9.90 Å². The number of methoxy groups -OCH3 is 1. The van der Waals surface area contributed by atoms with Crippen molar-refractivity contribution in [2.24, 2.45) is 0 Å². The van der Waals surface area contributed by atoms with Gasteiger partial charge in [-0.3, -0.25) is 0 Å². The van der Waals surface area contributed by atoms with Gasteiger partial charge in [0.25, 0.3) is 0 Å². The van der Waals surface area contributed by atoms with Gasteiger partial charge in [0.1, 0.15) is 11.4 Å². The predicted octanol–water partition coefficient (Wildman–Crippen LogP) is 3.47. The summed E-state index contributed by atoms with van der Waals surface area (Å²) in [4.78, 5) is 12.0. The van der Waals surface area contributed by atoms with Gasteiger partial charge >= 0.3 is 6.09 Å². The molecule has 0 radical (unpaired) electrons. The molecule has 1 aromatic heterocycles. The molecule has 1 unspecified atom stereocenters. The van der Waals surface area contributed by atoms with Crippen molar-refractivity contribution in [2.45, 2.75) is 58.3 Å². The number of aromatic nitrogens is 2. The summed E-state index contributed by atoms with van der Waals surface area (Å²) < 4.78 is 16.0. The van der Waals surface area contributed by atoms with Crippen molar-refractivity contribution in [2.75, 3.05) is 7.11 Å². The highest BCUT2D eigenvalue weighted by Crippen LogP contribution is 2.25. The fraction of sp³-hybridized carbons (Fsp3) is 0.526. The van der Waals surface area contributed by atoms with Crippen LogP contribution in [0, 0.1) is 0 Å². The number of alkyl carbamates (subject to hydrolysis) is 1. The van der Waals surface area contributed by atoms with E-state index in [0.29, 0.717) is 17.7 Å². The van der Waals surface area contributed by atoms with Crippen molar-refractivity contribution in [3.63, 3.8) is 0 Å². The minimum Gasteiger partial charge on any atom is -0.497 e. The first-order chi connectivity index (χ1) is 12.7. The number of carbonyl (C=O) groups is 1. The van der Waals surface area contributed by atoms with Crippen molar-refractivity contribution in [1.82, 2.24) is 15.5 Å². The van der Waals surface area contributed by atoms with Crippen molar-refractivity contribution in [3.8, 4) is 17.2 Å². The first kappa shape index (κ1) is 20.7. The van der Waals surface area contributed by atoms with Crippen LogP contribution in [0.5, 0.6) is 5.75 Å². The molecule has 0 saturated carbocycles. The SMILES string of the molecule is CCCC(NC(=O)OC(C)(C)C)[C@H](O)c1nnc(-c2ccc(OC)cc2)o1. The Hall–Kier alpha value is -2.61. The van der Waals surface area contributed by atoms with Gasteiger partial charge in [-0.05, 0) is 51.5 Å². The number of amides is 1. The van der Waals surface area contributed by atoms with Crippen LogP contribution in [0.1, 0.15) is 52.5 Å². The van der Waals surface area contributed by atoms with E-state index in [1.165, 1.54) is 0 Å². The largest absolute Gasteiger partial charge is 0.497 e. The topological polar surface area (TPSA) is 107 Å². The molecule has 8 nitrogen and oxygen atoms in total. The van der Waals surface area contributed by atoms with Crippen molar-refractivity contribution in [3.05, 3.63) is 30.2 Å². The number of hydrogen-bond donors (Lipinski definition) is 2. The van der Waals surface area contributed by atoms with Crippen LogP contribution >= 0.6 is 0 Å². The van der Waals surface area contributed by atoms with Crippen molar-refractivity contribution >= 4 is 6.09 Å². The second-order valence-corrected chi connectivity index (χ2v) is 7.16. The zero-order valence-electron chi connectivity index (χ0n) is 16.4. The monoisotopic (exact) mass is 377 g/mol. The molecule has 2 rings (SSSR count). The number of hydrogen-bond acceptors (Lipinski definition) is 7. The van der Waals surface area contributed by atoms with E-state index >= 15 is 0 Å². The Labute approximate surface area is 158 Å². The average molecular weight is 377 g/mol. The quantitative estimate of drug-likeness (QED) is 0.761. The first-order valence-corrected chi connectivity index (χ1v) is 8.89. The van der Waals surface area contributed by atoms with Gasteiger partial charge in [-0.2, -0.15) is 0 Å². The fourth-order valence-corrected chi connectivity index (χ4v) is 2.46. The molecule has 1 amide bonds. The lowest BCUT2D eigenvalue weighted by atomic mass is 10.1. The van der Waals surface area contributed by atoms with Crippen LogP contribution in [0.25, 0.3) is 11.5 Å². The Morgan fingerprint density at radius 2 is 1.93 bits per heavy atom. The number of aliphatic hydroxyl groups is 1. The summed E-state index contributed by atoms with van der Waals surface area (Å²) in [6, 6.07) is 6.52. The molecule has 0 aliphatic rings. The van der Waals surface area contributed by atoms with E-state index in [-0.39, 0.29) is 11.8 Å². The molecular weight excluding hydrogens is 350 g/mol. The Morgan fingerprint density at radius 1 is 1.26 bits per heavy atom. The smallest absolute Gasteiger partial charge is 0.407 e. The number of nitrogens with one attached hydrogen (secondary N) is 1. The highest BCUT2D eigenvalue weighted by Gasteiger charge is 2.29. The molecule has 2 N–H and O–H groups in total. The number of rotatable bonds is 7. The second-order valence-electron chi connectivity index (χ2n) is 7.16. The zero-order chi connectivity index (χ0) is 20.0. The Balaban J connectivity index is 2.12. The van der Waals surface area contributed by atoms with Crippen molar-refractivity contribution in [1.29, 1.82) is 0 Å². The van der Waals surface area contributed by atoms with Crippen molar-refractivity contribution < 1.29 is 23.8 Å².